The van der Waals surface area contributed by atoms with Gasteiger partial charge in [0.1, 0.15) is 0 Å². The highest BCUT2D eigenvalue weighted by Gasteiger charge is 2.26. The number of amides is 1. The summed E-state index contributed by atoms with van der Waals surface area (Å²) >= 11 is 0. The molecule has 1 saturated carbocycles. The average Bonchev–Trinajstić information content (AvgIpc) is 2.41. The highest BCUT2D eigenvalue weighted by molar-refractivity contribution is 5.95. The lowest BCUT2D eigenvalue weighted by Crippen LogP contribution is -2.38. The van der Waals surface area contributed by atoms with Gasteiger partial charge < -0.3 is 10.0 Å². The molecule has 0 radical (unpaired) electrons. The molecule has 0 aliphatic heterocycles. The van der Waals surface area contributed by atoms with E-state index in [-0.39, 0.29) is 17.9 Å². The highest BCUT2D eigenvalue weighted by Crippen LogP contribution is 2.25. The number of hydrogen-bond acceptors (Lipinski definition) is 3. The van der Waals surface area contributed by atoms with Gasteiger partial charge in [-0.2, -0.15) is 0 Å². The fourth-order valence-electron chi connectivity index (χ4n) is 2.75. The average molecular weight is 262 g/mol. The lowest BCUT2D eigenvalue weighted by atomic mass is 9.86. The molecule has 1 fully saturated rings. The Kier molecular flexibility index (Phi) is 4.53. The van der Waals surface area contributed by atoms with Gasteiger partial charge in [-0.3, -0.25) is 9.78 Å². The van der Waals surface area contributed by atoms with E-state index < -0.39 is 0 Å². The van der Waals surface area contributed by atoms with Gasteiger partial charge in [0.2, 0.25) is 0 Å². The third-order valence-electron chi connectivity index (χ3n) is 3.96. The maximum absolute atomic E-state index is 12.4. The molecule has 4 heteroatoms. The summed E-state index contributed by atoms with van der Waals surface area (Å²) in [6.07, 6.45) is 5.53. The van der Waals surface area contributed by atoms with Gasteiger partial charge in [-0.05, 0) is 31.9 Å². The zero-order valence-electron chi connectivity index (χ0n) is 11.7. The number of aliphatic hydroxyl groups excluding tert-OH is 1. The van der Waals surface area contributed by atoms with Gasteiger partial charge in [0.25, 0.3) is 5.91 Å². The van der Waals surface area contributed by atoms with E-state index in [1.165, 1.54) is 0 Å². The number of hydrogen-bond donors (Lipinski definition) is 1. The number of carbonyl (C=O) groups excluding carboxylic acids is 1. The predicted molar refractivity (Wildman–Crippen MR) is 73.9 cm³/mol. The second-order valence-electron chi connectivity index (χ2n) is 5.43. The number of carbonyl (C=O) groups is 1. The fourth-order valence-corrected chi connectivity index (χ4v) is 2.75. The minimum Gasteiger partial charge on any atom is -0.393 e. The van der Waals surface area contributed by atoms with Crippen molar-refractivity contribution in [3.8, 4) is 0 Å². The molecule has 1 aromatic heterocycles. The van der Waals surface area contributed by atoms with Crippen molar-refractivity contribution < 1.29 is 9.90 Å². The topological polar surface area (TPSA) is 53.4 Å². The van der Waals surface area contributed by atoms with Crippen LogP contribution in [0, 0.1) is 12.8 Å². The molecule has 1 aliphatic rings. The largest absolute Gasteiger partial charge is 0.393 e. The normalized spacial score (nSPS) is 23.1. The van der Waals surface area contributed by atoms with Crippen LogP contribution in [0.5, 0.6) is 0 Å². The maximum Gasteiger partial charge on any atom is 0.255 e. The number of rotatable bonds is 3. The molecule has 2 rings (SSSR count). The SMILES string of the molecule is Cc1ncccc1C(=O)N(C)CC1CCCCC1O. The molecule has 4 nitrogen and oxygen atoms in total. The van der Waals surface area contributed by atoms with E-state index in [2.05, 4.69) is 4.98 Å². The van der Waals surface area contributed by atoms with Crippen molar-refractivity contribution in [3.63, 3.8) is 0 Å². The number of aliphatic hydroxyl groups is 1. The molecule has 1 heterocycles. The number of aromatic nitrogens is 1. The van der Waals surface area contributed by atoms with Crippen LogP contribution in [0.2, 0.25) is 0 Å². The summed E-state index contributed by atoms with van der Waals surface area (Å²) in [5.74, 6) is 0.197. The molecule has 0 aromatic carbocycles. The molecular formula is C15H22N2O2. The second-order valence-corrected chi connectivity index (χ2v) is 5.43. The van der Waals surface area contributed by atoms with Crippen molar-refractivity contribution in [2.45, 2.75) is 38.7 Å². The zero-order valence-corrected chi connectivity index (χ0v) is 11.7. The van der Waals surface area contributed by atoms with Crippen LogP contribution in [-0.4, -0.2) is 40.6 Å². The molecule has 0 saturated heterocycles. The van der Waals surface area contributed by atoms with Gasteiger partial charge in [-0.15, -0.1) is 0 Å². The minimum atomic E-state index is -0.265. The molecular weight excluding hydrogens is 240 g/mol. The Bertz CT molecular complexity index is 448. The Hall–Kier alpha value is -1.42. The van der Waals surface area contributed by atoms with E-state index >= 15 is 0 Å². The Labute approximate surface area is 114 Å². The third kappa shape index (κ3) is 3.32. The minimum absolute atomic E-state index is 0.0108. The smallest absolute Gasteiger partial charge is 0.255 e. The van der Waals surface area contributed by atoms with Gasteiger partial charge in [0, 0.05) is 31.4 Å². The summed E-state index contributed by atoms with van der Waals surface area (Å²) in [5.41, 5.74) is 1.40. The van der Waals surface area contributed by atoms with E-state index in [0.29, 0.717) is 12.1 Å². The van der Waals surface area contributed by atoms with Gasteiger partial charge >= 0.3 is 0 Å². The van der Waals surface area contributed by atoms with Crippen molar-refractivity contribution in [3.05, 3.63) is 29.6 Å². The van der Waals surface area contributed by atoms with Crippen molar-refractivity contribution in [1.29, 1.82) is 0 Å². The first-order valence-electron chi connectivity index (χ1n) is 6.94. The summed E-state index contributed by atoms with van der Waals surface area (Å²) < 4.78 is 0. The van der Waals surface area contributed by atoms with Gasteiger partial charge in [-0.1, -0.05) is 12.8 Å². The summed E-state index contributed by atoms with van der Waals surface area (Å²) in [6, 6.07) is 3.59. The first kappa shape index (κ1) is 14.0. The van der Waals surface area contributed by atoms with E-state index in [4.69, 9.17) is 0 Å². The summed E-state index contributed by atoms with van der Waals surface area (Å²) in [5, 5.41) is 9.97. The number of nitrogens with zero attached hydrogens (tertiary/aromatic N) is 2. The predicted octanol–water partition coefficient (Wildman–Crippen LogP) is 2.01. The monoisotopic (exact) mass is 262 g/mol. The zero-order chi connectivity index (χ0) is 13.8. The van der Waals surface area contributed by atoms with Crippen LogP contribution in [-0.2, 0) is 0 Å². The molecule has 104 valence electrons. The van der Waals surface area contributed by atoms with Crippen LogP contribution in [0.4, 0.5) is 0 Å². The molecule has 19 heavy (non-hydrogen) atoms. The standard InChI is InChI=1S/C15H22N2O2/c1-11-13(7-5-9-16-11)15(19)17(2)10-12-6-3-4-8-14(12)18/h5,7,9,12,14,18H,3-4,6,8,10H2,1-2H3. The second kappa shape index (κ2) is 6.15. The van der Waals surface area contributed by atoms with Crippen LogP contribution < -0.4 is 0 Å². The lowest BCUT2D eigenvalue weighted by molar-refractivity contribution is 0.0450. The lowest BCUT2D eigenvalue weighted by Gasteiger charge is -2.31. The first-order valence-corrected chi connectivity index (χ1v) is 6.94. The van der Waals surface area contributed by atoms with E-state index in [0.717, 1.165) is 31.4 Å². The Balaban J connectivity index is 2.01. The van der Waals surface area contributed by atoms with Crippen molar-refractivity contribution in [2.24, 2.45) is 5.92 Å². The molecule has 2 unspecified atom stereocenters. The molecule has 1 amide bonds. The number of aryl methyl sites for hydroxylation is 1. The molecule has 1 N–H and O–H groups in total. The van der Waals surface area contributed by atoms with Crippen LogP contribution in [0.3, 0.4) is 0 Å². The van der Waals surface area contributed by atoms with E-state index in [1.807, 2.05) is 6.92 Å². The molecule has 0 bridgehead atoms. The Morgan fingerprint density at radius 3 is 2.89 bits per heavy atom. The van der Waals surface area contributed by atoms with Crippen LogP contribution in [0.1, 0.15) is 41.7 Å². The maximum atomic E-state index is 12.4. The first-order chi connectivity index (χ1) is 9.09. The third-order valence-corrected chi connectivity index (χ3v) is 3.96. The van der Waals surface area contributed by atoms with E-state index in [9.17, 15) is 9.90 Å². The van der Waals surface area contributed by atoms with Crippen LogP contribution >= 0.6 is 0 Å². The van der Waals surface area contributed by atoms with Gasteiger partial charge in [-0.25, -0.2) is 0 Å². The number of pyridine rings is 1. The molecule has 0 spiro atoms. The molecule has 1 aliphatic carbocycles. The fraction of sp³-hybridized carbons (Fsp3) is 0.600. The summed E-state index contributed by atoms with van der Waals surface area (Å²) in [6.45, 7) is 2.46. The summed E-state index contributed by atoms with van der Waals surface area (Å²) in [4.78, 5) is 18.2. The van der Waals surface area contributed by atoms with Crippen molar-refractivity contribution in [1.82, 2.24) is 9.88 Å². The van der Waals surface area contributed by atoms with Crippen molar-refractivity contribution >= 4 is 5.91 Å². The molecule has 1 aromatic rings. The van der Waals surface area contributed by atoms with Crippen LogP contribution in [0.15, 0.2) is 18.3 Å². The Morgan fingerprint density at radius 2 is 2.21 bits per heavy atom. The van der Waals surface area contributed by atoms with Gasteiger partial charge in [0.15, 0.2) is 0 Å². The quantitative estimate of drug-likeness (QED) is 0.906. The van der Waals surface area contributed by atoms with Crippen molar-refractivity contribution in [2.75, 3.05) is 13.6 Å². The summed E-state index contributed by atoms with van der Waals surface area (Å²) in [7, 11) is 1.80. The van der Waals surface area contributed by atoms with Gasteiger partial charge in [0.05, 0.1) is 11.7 Å². The molecule has 2 atom stereocenters. The highest BCUT2D eigenvalue weighted by atomic mass is 16.3. The Morgan fingerprint density at radius 1 is 1.47 bits per heavy atom. The van der Waals surface area contributed by atoms with Crippen LogP contribution in [0.25, 0.3) is 0 Å². The van der Waals surface area contributed by atoms with E-state index in [1.54, 1.807) is 30.3 Å².